The molecule has 0 aromatic heterocycles. The average Bonchev–Trinajstić information content (AvgIpc) is 4.12. The molecule has 354 valence electrons. The van der Waals surface area contributed by atoms with Crippen molar-refractivity contribution in [2.24, 2.45) is 11.8 Å². The monoisotopic (exact) mass is 970 g/mol. The average molecular weight is 971 g/mol. The lowest BCUT2D eigenvalue weighted by molar-refractivity contribution is 0.264. The number of benzene rings is 8. The summed E-state index contributed by atoms with van der Waals surface area (Å²) >= 11 is 0. The Hall–Kier alpha value is -6.30. The van der Waals surface area contributed by atoms with Gasteiger partial charge < -0.3 is 9.13 Å². The predicted octanol–water partition coefficient (Wildman–Crippen LogP) is 14.9. The van der Waals surface area contributed by atoms with Crippen molar-refractivity contribution in [2.45, 2.75) is 87.1 Å². The highest BCUT2D eigenvalue weighted by Gasteiger charge is 2.61. The molecule has 6 aliphatic rings. The molecule has 0 amide bonds. The molecular weight excluding hydrogens is 911 g/mol. The molecule has 0 bridgehead atoms. The fourth-order valence-electron chi connectivity index (χ4n) is 16.4. The molecule has 2 fully saturated rings. The van der Waals surface area contributed by atoms with Gasteiger partial charge in [-0.3, -0.25) is 0 Å². The second-order valence-corrected chi connectivity index (χ2v) is 27.6. The van der Waals surface area contributed by atoms with Crippen LogP contribution in [-0.2, 0) is 20.0 Å². The van der Waals surface area contributed by atoms with Gasteiger partial charge in [-0.2, -0.15) is 0 Å². The molecule has 2 saturated carbocycles. The van der Waals surface area contributed by atoms with Crippen LogP contribution >= 0.6 is 14.3 Å². The van der Waals surface area contributed by atoms with Crippen molar-refractivity contribution in [2.75, 3.05) is 0 Å². The zero-order valence-corrected chi connectivity index (χ0v) is 43.0. The lowest BCUT2D eigenvalue weighted by atomic mass is 9.62. The fourth-order valence-corrected chi connectivity index (χ4v) is 22.4. The first-order valence-corrected chi connectivity index (χ1v) is 30.1. The first-order valence-electron chi connectivity index (χ1n) is 26.7. The van der Waals surface area contributed by atoms with E-state index in [0.29, 0.717) is 17.8 Å². The van der Waals surface area contributed by atoms with E-state index >= 15 is 9.13 Å². The van der Waals surface area contributed by atoms with Crippen LogP contribution in [0.25, 0.3) is 16.7 Å². The zero-order chi connectivity index (χ0) is 48.4. The van der Waals surface area contributed by atoms with E-state index in [2.05, 4.69) is 202 Å². The molecule has 8 aromatic rings. The number of rotatable bonds is 7. The van der Waals surface area contributed by atoms with E-state index in [4.69, 9.17) is 0 Å². The minimum atomic E-state index is -3.47. The summed E-state index contributed by atoms with van der Waals surface area (Å²) in [6.45, 7) is 4.50. The number of hydrogen-bond donors (Lipinski definition) is 0. The minimum Gasteiger partial charge on any atom is -0.313 e. The molecule has 0 radical (unpaired) electrons. The van der Waals surface area contributed by atoms with Crippen molar-refractivity contribution in [1.82, 2.24) is 0 Å². The van der Waals surface area contributed by atoms with Crippen LogP contribution in [0, 0.1) is 11.8 Å². The molecule has 14 rings (SSSR count). The molecule has 8 aromatic carbocycles. The summed E-state index contributed by atoms with van der Waals surface area (Å²) in [5.74, 6) is 1.51. The van der Waals surface area contributed by atoms with E-state index < -0.39 is 14.3 Å². The van der Waals surface area contributed by atoms with Crippen molar-refractivity contribution < 1.29 is 9.13 Å². The predicted molar refractivity (Wildman–Crippen MR) is 301 cm³/mol. The van der Waals surface area contributed by atoms with Gasteiger partial charge in [0.25, 0.3) is 0 Å². The Bertz CT molecular complexity index is 3600. The van der Waals surface area contributed by atoms with E-state index in [1.807, 2.05) is 24.3 Å². The summed E-state index contributed by atoms with van der Waals surface area (Å²) in [7, 11) is -6.74. The molecule has 0 aliphatic heterocycles. The normalized spacial score (nSPS) is 25.5. The molecule has 8 atom stereocenters. The molecule has 72 heavy (non-hydrogen) atoms. The van der Waals surface area contributed by atoms with Gasteiger partial charge >= 0.3 is 0 Å². The van der Waals surface area contributed by atoms with Crippen molar-refractivity contribution in [1.29, 1.82) is 0 Å². The molecule has 2 nitrogen and oxygen atoms in total. The van der Waals surface area contributed by atoms with Gasteiger partial charge in [-0.25, -0.2) is 0 Å². The quantitative estimate of drug-likeness (QED) is 0.149. The van der Waals surface area contributed by atoms with Gasteiger partial charge in [-0.1, -0.05) is 225 Å². The van der Waals surface area contributed by atoms with Crippen molar-refractivity contribution in [3.8, 4) is 11.1 Å². The van der Waals surface area contributed by atoms with Gasteiger partial charge in [0.1, 0.15) is 7.14 Å². The Kier molecular flexibility index (Phi) is 10.2. The number of allylic oxidation sites excluding steroid dienone is 4. The Morgan fingerprint density at radius 1 is 0.444 bits per heavy atom. The molecule has 0 N–H and O–H groups in total. The molecule has 0 heterocycles. The largest absolute Gasteiger partial charge is 0.313 e. The summed E-state index contributed by atoms with van der Waals surface area (Å²) in [5, 5.41) is 4.24. The summed E-state index contributed by atoms with van der Waals surface area (Å²) in [6.07, 6.45) is 12.0. The molecule has 2 spiro atoms. The van der Waals surface area contributed by atoms with Crippen LogP contribution in [-0.4, -0.2) is 5.66 Å². The van der Waals surface area contributed by atoms with Crippen LogP contribution in [0.5, 0.6) is 0 Å². The Morgan fingerprint density at radius 2 is 0.944 bits per heavy atom. The van der Waals surface area contributed by atoms with Gasteiger partial charge in [0.2, 0.25) is 0 Å². The van der Waals surface area contributed by atoms with Gasteiger partial charge in [-0.15, -0.1) is 0 Å². The van der Waals surface area contributed by atoms with E-state index in [-0.39, 0.29) is 22.4 Å². The van der Waals surface area contributed by atoms with Crippen LogP contribution in [0.15, 0.2) is 218 Å². The number of hydrogen-bond acceptors (Lipinski definition) is 2. The zero-order valence-electron chi connectivity index (χ0n) is 41.3. The van der Waals surface area contributed by atoms with Crippen molar-refractivity contribution in [3.63, 3.8) is 0 Å². The van der Waals surface area contributed by atoms with Crippen LogP contribution in [0.1, 0.15) is 115 Å². The van der Waals surface area contributed by atoms with Gasteiger partial charge in [0.15, 0.2) is 7.14 Å². The third-order valence-electron chi connectivity index (χ3n) is 19.0. The SMILES string of the molecule is C/C=C\C1=C(C)C2(c3ccccc31)c1ccccc1C1CC[C@@H](P(=O)(c3ccccc3)c3ccc(P(=O)(c4ccccc4)c4ccc5c(c4)C4(c6ccccc6-c6ccccc64)C4CCCCC54)cc3)CC12. The van der Waals surface area contributed by atoms with Crippen LogP contribution < -0.4 is 26.5 Å². The standard InChI is InChI=1S/C68H60O2P2/c1-3-20-52-45(2)67(60-30-15-10-25-53(52)60)61-31-16-11-28-56(61)58-41-39-50(43-65(58)67)71(69,46-21-6-4-7-22-46)48-35-37-49(38-36-48)72(70,47-23-8-5-9-24-47)51-40-42-59-57-29-14-19-34-64(57)68(66(59)44-51)62-32-17-12-26-54(62)55-27-13-18-33-63(55)68/h3-13,15-18,20-28,30-33,35-38,40,42,44,50,57-58,64-65H,14,19,29,34,39,41,43H2,1-2H3/b20-3-/t50-,57?,58?,64?,65?,67?,71?,72?/m1/s1. The minimum absolute atomic E-state index is 0.0709. The van der Waals surface area contributed by atoms with Crippen LogP contribution in [0.4, 0.5) is 0 Å². The number of fused-ring (bicyclic) bond motifs is 17. The Balaban J connectivity index is 0.907. The second kappa shape index (κ2) is 16.6. The van der Waals surface area contributed by atoms with Gasteiger partial charge in [-0.05, 0) is 137 Å². The maximum Gasteiger partial charge on any atom is 0.171 e. The highest BCUT2D eigenvalue weighted by molar-refractivity contribution is 7.85. The molecular formula is C68H60O2P2. The van der Waals surface area contributed by atoms with Gasteiger partial charge in [0, 0.05) is 37.6 Å². The van der Waals surface area contributed by atoms with E-state index in [1.54, 1.807) is 0 Å². The molecule has 0 saturated heterocycles. The van der Waals surface area contributed by atoms with Crippen LogP contribution in [0.2, 0.25) is 0 Å². The van der Waals surface area contributed by atoms with Crippen molar-refractivity contribution >= 4 is 46.4 Å². The smallest absolute Gasteiger partial charge is 0.171 e. The summed E-state index contributed by atoms with van der Waals surface area (Å²) < 4.78 is 33.8. The summed E-state index contributed by atoms with van der Waals surface area (Å²) in [5.41, 5.74) is 15.9. The molecule has 6 aliphatic carbocycles. The Labute approximate surface area is 425 Å². The first kappa shape index (κ1) is 44.4. The second-order valence-electron chi connectivity index (χ2n) is 21.8. The van der Waals surface area contributed by atoms with E-state index in [9.17, 15) is 0 Å². The summed E-state index contributed by atoms with van der Waals surface area (Å²) in [6, 6.07) is 72.4. The maximum absolute atomic E-state index is 16.9. The van der Waals surface area contributed by atoms with Gasteiger partial charge in [0.05, 0.1) is 5.41 Å². The van der Waals surface area contributed by atoms with E-state index in [0.717, 1.165) is 45.8 Å². The fraction of sp³-hybridized carbons (Fsp3) is 0.235. The highest BCUT2D eigenvalue weighted by atomic mass is 31.2. The van der Waals surface area contributed by atoms with E-state index in [1.165, 1.54) is 92.5 Å². The third kappa shape index (κ3) is 5.80. The summed E-state index contributed by atoms with van der Waals surface area (Å²) in [4.78, 5) is 0. The topological polar surface area (TPSA) is 34.1 Å². The lowest BCUT2D eigenvalue weighted by Gasteiger charge is -2.44. The highest BCUT2D eigenvalue weighted by Crippen LogP contribution is 2.70. The molecule has 4 heteroatoms. The maximum atomic E-state index is 16.9. The van der Waals surface area contributed by atoms with Crippen molar-refractivity contribution in [3.05, 3.63) is 262 Å². The third-order valence-corrected chi connectivity index (χ3v) is 25.7. The Morgan fingerprint density at radius 3 is 1.62 bits per heavy atom. The van der Waals surface area contributed by atoms with Crippen LogP contribution in [0.3, 0.4) is 0 Å². The molecule has 7 unspecified atom stereocenters. The lowest BCUT2D eigenvalue weighted by Crippen LogP contribution is -2.40. The first-order chi connectivity index (χ1) is 35.3.